The summed E-state index contributed by atoms with van der Waals surface area (Å²) in [6, 6.07) is 24.8. The first-order chi connectivity index (χ1) is 11.2. The molecule has 0 unspecified atom stereocenters. The maximum absolute atomic E-state index is 6.31. The highest BCUT2D eigenvalue weighted by molar-refractivity contribution is 6.32. The van der Waals surface area contributed by atoms with Gasteiger partial charge in [0.15, 0.2) is 0 Å². The molecule has 0 saturated carbocycles. The van der Waals surface area contributed by atoms with Crippen LogP contribution in [0.15, 0.2) is 72.8 Å². The minimum atomic E-state index is 0.769. The molecule has 0 fully saturated rings. The molecule has 4 rings (SSSR count). The van der Waals surface area contributed by atoms with E-state index in [1.807, 2.05) is 24.3 Å². The lowest BCUT2D eigenvalue weighted by Crippen LogP contribution is -1.92. The van der Waals surface area contributed by atoms with E-state index in [0.29, 0.717) is 0 Å². The average Bonchev–Trinajstić information content (AvgIpc) is 2.54. The van der Waals surface area contributed by atoms with Crippen molar-refractivity contribution in [2.24, 2.45) is 0 Å². The minimum Gasteiger partial charge on any atom is -0.0843 e. The highest BCUT2D eigenvalue weighted by Gasteiger charge is 2.08. The summed E-state index contributed by atoms with van der Waals surface area (Å²) >= 11 is 12.6. The molecular weight excluding hydrogens is 323 g/mol. The Balaban J connectivity index is 1.92. The molecule has 0 aliphatic heterocycles. The quantitative estimate of drug-likeness (QED) is 0.373. The van der Waals surface area contributed by atoms with Gasteiger partial charge in [0.05, 0.1) is 0 Å². The van der Waals surface area contributed by atoms with Crippen LogP contribution in [0.1, 0.15) is 11.1 Å². The lowest BCUT2D eigenvalue weighted by Gasteiger charge is -2.11. The van der Waals surface area contributed by atoms with Crippen LogP contribution in [0.2, 0.25) is 10.0 Å². The Morgan fingerprint density at radius 2 is 1.00 bits per heavy atom. The van der Waals surface area contributed by atoms with Gasteiger partial charge in [0, 0.05) is 10.0 Å². The zero-order valence-corrected chi connectivity index (χ0v) is 13.9. The molecule has 2 heteroatoms. The van der Waals surface area contributed by atoms with Crippen molar-refractivity contribution in [1.82, 2.24) is 0 Å². The Morgan fingerprint density at radius 3 is 1.48 bits per heavy atom. The molecule has 0 aliphatic carbocycles. The molecule has 112 valence electrons. The third-order valence-corrected chi connectivity index (χ3v) is 4.64. The van der Waals surface area contributed by atoms with Gasteiger partial charge in [0.2, 0.25) is 0 Å². The van der Waals surface area contributed by atoms with E-state index in [9.17, 15) is 0 Å². The van der Waals surface area contributed by atoms with E-state index in [4.69, 9.17) is 23.2 Å². The molecule has 0 nitrogen and oxygen atoms in total. The van der Waals surface area contributed by atoms with Gasteiger partial charge >= 0.3 is 0 Å². The van der Waals surface area contributed by atoms with Crippen molar-refractivity contribution in [3.05, 3.63) is 94.0 Å². The Morgan fingerprint density at radius 1 is 0.565 bits per heavy atom. The fourth-order valence-corrected chi connectivity index (χ4v) is 3.70. The third-order valence-electron chi connectivity index (χ3n) is 4.21. The van der Waals surface area contributed by atoms with E-state index >= 15 is 0 Å². The number of benzene rings is 4. The summed E-state index contributed by atoms with van der Waals surface area (Å²) in [7, 11) is 0. The molecule has 0 saturated heterocycles. The normalized spacial score (nSPS) is 11.2. The van der Waals surface area contributed by atoms with E-state index in [1.165, 1.54) is 32.7 Å². The predicted molar refractivity (Wildman–Crippen MR) is 101 cm³/mol. The first-order valence-corrected chi connectivity index (χ1v) is 8.31. The van der Waals surface area contributed by atoms with Crippen LogP contribution in [-0.4, -0.2) is 0 Å². The smallest absolute Gasteiger partial charge is 0.0415 e. The third kappa shape index (κ3) is 2.81. The molecule has 0 spiro atoms. The van der Waals surface area contributed by atoms with Crippen LogP contribution in [0.5, 0.6) is 0 Å². The molecule has 0 aromatic heterocycles. The summed E-state index contributed by atoms with van der Waals surface area (Å²) in [5, 5.41) is 6.35. The molecule has 4 aromatic carbocycles. The molecule has 0 aliphatic rings. The maximum atomic E-state index is 6.31. The van der Waals surface area contributed by atoms with Crippen molar-refractivity contribution < 1.29 is 0 Å². The number of hydrogen-bond donors (Lipinski definition) is 0. The molecule has 0 atom stereocenters. The van der Waals surface area contributed by atoms with Crippen LogP contribution in [0.25, 0.3) is 21.5 Å². The minimum absolute atomic E-state index is 0.769. The first kappa shape index (κ1) is 14.6. The molecular formula is C21H14Cl2. The number of halogens is 2. The summed E-state index contributed by atoms with van der Waals surface area (Å²) < 4.78 is 0. The van der Waals surface area contributed by atoms with Crippen LogP contribution < -0.4 is 0 Å². The Labute approximate surface area is 145 Å². The van der Waals surface area contributed by atoms with Gasteiger partial charge in [-0.3, -0.25) is 0 Å². The van der Waals surface area contributed by atoms with Gasteiger partial charge in [-0.25, -0.2) is 0 Å². The monoisotopic (exact) mass is 336 g/mol. The van der Waals surface area contributed by atoms with Crippen LogP contribution >= 0.6 is 23.2 Å². The lowest BCUT2D eigenvalue weighted by molar-refractivity contribution is 1.24. The standard InChI is InChI=1S/C21H14Cl2/c22-18-10-14-5-1-3-7-20(14)16(12-18)9-17-13-19(23)11-15-6-2-4-8-21(15)17/h1-8,10-13H,9H2. The van der Waals surface area contributed by atoms with Crippen LogP contribution in [-0.2, 0) is 6.42 Å². The highest BCUT2D eigenvalue weighted by Crippen LogP contribution is 2.30. The molecule has 0 radical (unpaired) electrons. The summed E-state index contributed by atoms with van der Waals surface area (Å²) in [5.74, 6) is 0. The van der Waals surface area contributed by atoms with E-state index < -0.39 is 0 Å². The zero-order chi connectivity index (χ0) is 15.8. The number of hydrogen-bond acceptors (Lipinski definition) is 0. The molecule has 23 heavy (non-hydrogen) atoms. The summed E-state index contributed by atoms with van der Waals surface area (Å²) in [6.07, 6.45) is 0.808. The average molecular weight is 337 g/mol. The van der Waals surface area contributed by atoms with Gasteiger partial charge in [0.25, 0.3) is 0 Å². The van der Waals surface area contributed by atoms with Crippen molar-refractivity contribution in [3.8, 4) is 0 Å². The van der Waals surface area contributed by atoms with E-state index in [1.54, 1.807) is 0 Å². The fourth-order valence-electron chi connectivity index (χ4n) is 3.20. The fraction of sp³-hybridized carbons (Fsp3) is 0.0476. The second-order valence-corrected chi connectivity index (χ2v) is 6.62. The summed E-state index contributed by atoms with van der Waals surface area (Å²) in [6.45, 7) is 0. The van der Waals surface area contributed by atoms with Crippen molar-refractivity contribution in [2.45, 2.75) is 6.42 Å². The van der Waals surface area contributed by atoms with Gasteiger partial charge in [-0.05, 0) is 63.4 Å². The Bertz CT molecular complexity index is 935. The van der Waals surface area contributed by atoms with Crippen molar-refractivity contribution in [1.29, 1.82) is 0 Å². The number of rotatable bonds is 2. The van der Waals surface area contributed by atoms with Crippen molar-refractivity contribution in [2.75, 3.05) is 0 Å². The SMILES string of the molecule is Clc1cc(Cc2cc(Cl)cc3ccccc23)c2ccccc2c1. The summed E-state index contributed by atoms with van der Waals surface area (Å²) in [4.78, 5) is 0. The van der Waals surface area contributed by atoms with E-state index in [0.717, 1.165) is 16.5 Å². The van der Waals surface area contributed by atoms with Gasteiger partial charge in [-0.2, -0.15) is 0 Å². The summed E-state index contributed by atoms with van der Waals surface area (Å²) in [5.41, 5.74) is 2.45. The van der Waals surface area contributed by atoms with Gasteiger partial charge in [-0.1, -0.05) is 71.7 Å². The van der Waals surface area contributed by atoms with Gasteiger partial charge in [0.1, 0.15) is 0 Å². The highest BCUT2D eigenvalue weighted by atomic mass is 35.5. The van der Waals surface area contributed by atoms with Crippen LogP contribution in [0.3, 0.4) is 0 Å². The van der Waals surface area contributed by atoms with E-state index in [-0.39, 0.29) is 0 Å². The molecule has 0 N–H and O–H groups in total. The molecule has 0 heterocycles. The predicted octanol–water partition coefficient (Wildman–Crippen LogP) is 6.89. The molecule has 0 bridgehead atoms. The van der Waals surface area contributed by atoms with Crippen LogP contribution in [0, 0.1) is 0 Å². The number of fused-ring (bicyclic) bond motifs is 2. The van der Waals surface area contributed by atoms with E-state index in [2.05, 4.69) is 48.5 Å². The zero-order valence-electron chi connectivity index (χ0n) is 12.4. The Kier molecular flexibility index (Phi) is 3.72. The topological polar surface area (TPSA) is 0 Å². The van der Waals surface area contributed by atoms with Crippen LogP contribution in [0.4, 0.5) is 0 Å². The van der Waals surface area contributed by atoms with Gasteiger partial charge < -0.3 is 0 Å². The second-order valence-electron chi connectivity index (χ2n) is 5.75. The molecule has 0 amide bonds. The first-order valence-electron chi connectivity index (χ1n) is 7.55. The second kappa shape index (κ2) is 5.88. The van der Waals surface area contributed by atoms with Crippen molar-refractivity contribution >= 4 is 44.7 Å². The van der Waals surface area contributed by atoms with Crippen molar-refractivity contribution in [3.63, 3.8) is 0 Å². The Hall–Kier alpha value is -2.02. The molecule has 4 aromatic rings. The lowest BCUT2D eigenvalue weighted by atomic mass is 9.95. The maximum Gasteiger partial charge on any atom is 0.0415 e. The largest absolute Gasteiger partial charge is 0.0843 e. The van der Waals surface area contributed by atoms with Gasteiger partial charge in [-0.15, -0.1) is 0 Å².